The van der Waals surface area contributed by atoms with Crippen LogP contribution in [0.25, 0.3) is 0 Å². The first kappa shape index (κ1) is 9.73. The maximum atomic E-state index is 10.6. The quantitative estimate of drug-likeness (QED) is 0.570. The molecule has 0 aromatic heterocycles. The fourth-order valence-corrected chi connectivity index (χ4v) is 0.980. The smallest absolute Gasteiger partial charge is 0.206 e. The molecule has 0 aliphatic rings. The Kier molecular flexibility index (Phi) is 3.02. The van der Waals surface area contributed by atoms with Crippen LogP contribution in [0.1, 0.15) is 5.56 Å². The van der Waals surface area contributed by atoms with Crippen molar-refractivity contribution in [1.29, 1.82) is 0 Å². The van der Waals surface area contributed by atoms with Gasteiger partial charge in [-0.3, -0.25) is 0 Å². The van der Waals surface area contributed by atoms with Gasteiger partial charge in [-0.1, -0.05) is 30.3 Å². The third-order valence-corrected chi connectivity index (χ3v) is 1.67. The Balaban J connectivity index is 2.61. The number of nitrogens with one attached hydrogen (secondary N) is 1. The average molecular weight is 198 g/mol. The lowest BCUT2D eigenvalue weighted by atomic mass is 10.2. The molecule has 0 spiro atoms. The van der Waals surface area contributed by atoms with Gasteiger partial charge >= 0.3 is 0 Å². The van der Waals surface area contributed by atoms with Crippen LogP contribution in [0.15, 0.2) is 35.4 Å². The van der Waals surface area contributed by atoms with Crippen LogP contribution in [0.4, 0.5) is 0 Å². The van der Waals surface area contributed by atoms with Crippen molar-refractivity contribution in [3.63, 3.8) is 0 Å². The predicted octanol–water partition coefficient (Wildman–Crippen LogP) is 0.570. The molecule has 70 valence electrons. The van der Waals surface area contributed by atoms with Crippen LogP contribution in [0, 0.1) is 0 Å². The predicted molar refractivity (Wildman–Crippen MR) is 52.0 cm³/mol. The fourth-order valence-electron chi connectivity index (χ4n) is 0.736. The Morgan fingerprint density at radius 2 is 1.92 bits per heavy atom. The molecule has 0 bridgehead atoms. The molecule has 0 fully saturated rings. The number of benzene rings is 1. The maximum Gasteiger partial charge on any atom is 0.244 e. The summed E-state index contributed by atoms with van der Waals surface area (Å²) < 4.78 is 21.2. The Morgan fingerprint density at radius 1 is 1.31 bits per heavy atom. The third kappa shape index (κ3) is 4.27. The molecule has 0 amide bonds. The second-order valence-electron chi connectivity index (χ2n) is 2.53. The molecule has 0 heterocycles. The van der Waals surface area contributed by atoms with Crippen molar-refractivity contribution in [2.75, 3.05) is 6.26 Å². The molecule has 0 atom stereocenters. The van der Waals surface area contributed by atoms with Crippen LogP contribution in [0.2, 0.25) is 0 Å². The summed E-state index contributed by atoms with van der Waals surface area (Å²) in [6.07, 6.45) is 2.50. The molecule has 0 unspecified atom stereocenters. The van der Waals surface area contributed by atoms with Gasteiger partial charge in [-0.2, -0.15) is 5.10 Å². The van der Waals surface area contributed by atoms with Crippen LogP contribution in [-0.4, -0.2) is 20.9 Å². The minimum atomic E-state index is -3.24. The zero-order valence-corrected chi connectivity index (χ0v) is 7.95. The Bertz CT molecular complexity index is 384. The van der Waals surface area contributed by atoms with Crippen molar-refractivity contribution in [2.24, 2.45) is 5.10 Å². The Morgan fingerprint density at radius 3 is 2.46 bits per heavy atom. The largest absolute Gasteiger partial charge is 0.244 e. The molecular formula is C8H10N2O2S. The van der Waals surface area contributed by atoms with Gasteiger partial charge in [0.15, 0.2) is 0 Å². The summed E-state index contributed by atoms with van der Waals surface area (Å²) in [5.41, 5.74) is 0.846. The molecule has 1 N–H and O–H groups in total. The second-order valence-corrected chi connectivity index (χ2v) is 4.26. The van der Waals surface area contributed by atoms with Gasteiger partial charge in [-0.25, -0.2) is 13.2 Å². The van der Waals surface area contributed by atoms with Crippen molar-refractivity contribution in [3.8, 4) is 0 Å². The van der Waals surface area contributed by atoms with Crippen molar-refractivity contribution in [3.05, 3.63) is 35.9 Å². The van der Waals surface area contributed by atoms with E-state index in [-0.39, 0.29) is 0 Å². The normalized spacial score (nSPS) is 11.8. The number of sulfonamides is 1. The van der Waals surface area contributed by atoms with E-state index in [2.05, 4.69) is 5.10 Å². The summed E-state index contributed by atoms with van der Waals surface area (Å²) in [7, 11) is -3.24. The van der Waals surface area contributed by atoms with Gasteiger partial charge in [0, 0.05) is 0 Å². The van der Waals surface area contributed by atoms with Crippen molar-refractivity contribution in [2.45, 2.75) is 0 Å². The highest BCUT2D eigenvalue weighted by Crippen LogP contribution is 1.93. The van der Waals surface area contributed by atoms with Gasteiger partial charge in [0.1, 0.15) is 0 Å². The summed E-state index contributed by atoms with van der Waals surface area (Å²) in [4.78, 5) is 2.01. The van der Waals surface area contributed by atoms with Crippen LogP contribution in [0.3, 0.4) is 0 Å². The van der Waals surface area contributed by atoms with Gasteiger partial charge in [0.2, 0.25) is 10.0 Å². The van der Waals surface area contributed by atoms with Crippen molar-refractivity contribution in [1.82, 2.24) is 4.83 Å². The molecule has 13 heavy (non-hydrogen) atoms. The first-order valence-electron chi connectivity index (χ1n) is 3.63. The van der Waals surface area contributed by atoms with E-state index in [4.69, 9.17) is 0 Å². The van der Waals surface area contributed by atoms with Gasteiger partial charge < -0.3 is 0 Å². The molecule has 0 aliphatic heterocycles. The highest BCUT2D eigenvalue weighted by atomic mass is 32.2. The highest BCUT2D eigenvalue weighted by molar-refractivity contribution is 7.88. The molecule has 1 aromatic rings. The lowest BCUT2D eigenvalue weighted by Crippen LogP contribution is -2.15. The van der Waals surface area contributed by atoms with Crippen molar-refractivity contribution < 1.29 is 8.42 Å². The van der Waals surface area contributed by atoms with E-state index in [1.165, 1.54) is 6.21 Å². The summed E-state index contributed by atoms with van der Waals surface area (Å²) in [6.45, 7) is 0. The lowest BCUT2D eigenvalue weighted by Gasteiger charge is -1.94. The number of hydrogen-bond donors (Lipinski definition) is 1. The number of nitrogens with zero attached hydrogens (tertiary/aromatic N) is 1. The number of hydrazone groups is 1. The molecule has 0 radical (unpaired) electrons. The van der Waals surface area contributed by atoms with E-state index in [1.807, 2.05) is 35.2 Å². The third-order valence-electron chi connectivity index (χ3n) is 1.23. The minimum Gasteiger partial charge on any atom is -0.206 e. The molecule has 0 aliphatic carbocycles. The molecular weight excluding hydrogens is 188 g/mol. The fraction of sp³-hybridized carbons (Fsp3) is 0.125. The highest BCUT2D eigenvalue weighted by Gasteiger charge is 1.93. The van der Waals surface area contributed by atoms with E-state index >= 15 is 0 Å². The molecule has 5 heteroatoms. The van der Waals surface area contributed by atoms with Crippen LogP contribution >= 0.6 is 0 Å². The number of rotatable bonds is 3. The Labute approximate surface area is 77.3 Å². The summed E-state index contributed by atoms with van der Waals surface area (Å²) >= 11 is 0. The Hall–Kier alpha value is -1.36. The van der Waals surface area contributed by atoms with E-state index in [0.29, 0.717) is 0 Å². The summed E-state index contributed by atoms with van der Waals surface area (Å²) in [6, 6.07) is 9.23. The zero-order chi connectivity index (χ0) is 9.73. The van der Waals surface area contributed by atoms with Gasteiger partial charge in [-0.15, -0.1) is 0 Å². The molecule has 0 saturated carbocycles. The average Bonchev–Trinajstić information content (AvgIpc) is 2.04. The van der Waals surface area contributed by atoms with Crippen molar-refractivity contribution >= 4 is 16.2 Å². The van der Waals surface area contributed by atoms with E-state index in [0.717, 1.165) is 11.8 Å². The SMILES string of the molecule is CS(=O)(=O)N/N=C/c1ccccc1. The summed E-state index contributed by atoms with van der Waals surface area (Å²) in [5.74, 6) is 0. The van der Waals surface area contributed by atoms with E-state index < -0.39 is 10.0 Å². The second kappa shape index (κ2) is 4.04. The minimum absolute atomic E-state index is 0.846. The first-order chi connectivity index (χ1) is 6.08. The topological polar surface area (TPSA) is 58.5 Å². The molecule has 4 nitrogen and oxygen atoms in total. The van der Waals surface area contributed by atoms with Gasteiger partial charge in [0.05, 0.1) is 12.5 Å². The molecule has 1 aromatic carbocycles. The van der Waals surface area contributed by atoms with Gasteiger partial charge in [-0.05, 0) is 5.56 Å². The number of hydrogen-bond acceptors (Lipinski definition) is 3. The van der Waals surface area contributed by atoms with Crippen LogP contribution in [-0.2, 0) is 10.0 Å². The standard InChI is InChI=1S/C8H10N2O2S/c1-13(11,12)10-9-7-8-5-3-2-4-6-8/h2-7,10H,1H3/b9-7+. The molecule has 0 saturated heterocycles. The first-order valence-corrected chi connectivity index (χ1v) is 5.52. The van der Waals surface area contributed by atoms with Crippen LogP contribution in [0.5, 0.6) is 0 Å². The lowest BCUT2D eigenvalue weighted by molar-refractivity contribution is 0.591. The van der Waals surface area contributed by atoms with E-state index in [1.54, 1.807) is 0 Å². The molecule has 1 rings (SSSR count). The van der Waals surface area contributed by atoms with E-state index in [9.17, 15) is 8.42 Å². The maximum absolute atomic E-state index is 10.6. The zero-order valence-electron chi connectivity index (χ0n) is 7.14. The van der Waals surface area contributed by atoms with Gasteiger partial charge in [0.25, 0.3) is 0 Å². The monoisotopic (exact) mass is 198 g/mol. The summed E-state index contributed by atoms with van der Waals surface area (Å²) in [5, 5.41) is 3.55. The van der Waals surface area contributed by atoms with Crippen LogP contribution < -0.4 is 4.83 Å².